The number of anilines is 4. The van der Waals surface area contributed by atoms with Crippen molar-refractivity contribution in [1.82, 2.24) is 24.9 Å². The molecule has 0 bridgehead atoms. The third-order valence-corrected chi connectivity index (χ3v) is 8.97. The lowest BCUT2D eigenvalue weighted by Crippen LogP contribution is -2.15. The van der Waals surface area contributed by atoms with Crippen molar-refractivity contribution in [3.8, 4) is 11.4 Å². The molecule has 20 heteroatoms. The van der Waals surface area contributed by atoms with Crippen molar-refractivity contribution in [2.45, 2.75) is 9.79 Å². The number of aromatic nitrogens is 5. The highest BCUT2D eigenvalue weighted by Gasteiger charge is 2.18. The Labute approximate surface area is 255 Å². The Hall–Kier alpha value is -4.24. The fraction of sp³-hybridized carbons (Fsp3) is 0.0833. The minimum Gasteiger partial charge on any atom is -0.338 e. The van der Waals surface area contributed by atoms with E-state index < -0.39 is 42.7 Å². The van der Waals surface area contributed by atoms with E-state index in [9.17, 15) is 29.8 Å². The van der Waals surface area contributed by atoms with Gasteiger partial charge in [0.1, 0.15) is 5.82 Å². The average Bonchev–Trinajstić information content (AvgIpc) is 3.36. The third-order valence-electron chi connectivity index (χ3n) is 5.81. The number of rotatable bonds is 11. The molecule has 0 unspecified atom stereocenters. The van der Waals surface area contributed by atoms with Crippen LogP contribution in [0.2, 0.25) is 5.28 Å². The maximum absolute atomic E-state index is 12.6. The molecule has 0 aliphatic carbocycles. The molecule has 5 aromatic rings. The molecule has 2 aromatic heterocycles. The van der Waals surface area contributed by atoms with Crippen LogP contribution < -0.4 is 10.6 Å². The fourth-order valence-corrected chi connectivity index (χ4v) is 6.05. The lowest BCUT2D eigenvalue weighted by Gasteiger charge is -2.10. The Morgan fingerprint density at radius 1 is 0.773 bits per heavy atom. The molecule has 0 aliphatic heterocycles. The smallest absolute Gasteiger partial charge is 0.338 e. The standard InChI is InChI=1S/C24H20ClN7O9S3/c25-22-30-23(32-24(31-22)27-16-2-1-3-17(12-16)42(33,34)11-10-41-44(38,39)40)26-15-6-4-14(5-7-15)21-28-19-9-8-18(43(35,36)37)13-20(19)29-21/h1-9,12-13H,10-11H2,(H,28,29)(H,35,36,37)(H,38,39,40)(H2,26,27,30,31,32). The van der Waals surface area contributed by atoms with E-state index >= 15 is 0 Å². The second-order valence-electron chi connectivity index (χ2n) is 8.91. The molecule has 5 rings (SSSR count). The summed E-state index contributed by atoms with van der Waals surface area (Å²) in [5, 5.41) is 5.65. The van der Waals surface area contributed by atoms with Gasteiger partial charge in [0, 0.05) is 16.9 Å². The molecule has 230 valence electrons. The van der Waals surface area contributed by atoms with Crippen molar-refractivity contribution in [1.29, 1.82) is 0 Å². The molecule has 16 nitrogen and oxygen atoms in total. The SMILES string of the molecule is O=S(=O)(O)OCCS(=O)(=O)c1cccc(Nc2nc(Cl)nc(Nc3ccc(-c4nc5ccc(S(=O)(=O)O)cc5[nH]4)cc3)n2)c1. The molecule has 44 heavy (non-hydrogen) atoms. The van der Waals surface area contributed by atoms with Crippen molar-refractivity contribution in [3.05, 3.63) is 72.0 Å². The van der Waals surface area contributed by atoms with Gasteiger partial charge < -0.3 is 15.6 Å². The van der Waals surface area contributed by atoms with Crippen molar-refractivity contribution >= 4 is 76.3 Å². The molecular formula is C24H20ClN7O9S3. The highest BCUT2D eigenvalue weighted by molar-refractivity contribution is 7.91. The number of aromatic amines is 1. The second-order valence-corrected chi connectivity index (χ2v) is 13.9. The van der Waals surface area contributed by atoms with E-state index in [0.717, 1.165) is 0 Å². The second kappa shape index (κ2) is 12.0. The maximum atomic E-state index is 12.6. The summed E-state index contributed by atoms with van der Waals surface area (Å²) in [5.41, 5.74) is 2.44. The van der Waals surface area contributed by atoms with E-state index in [4.69, 9.17) is 16.2 Å². The van der Waals surface area contributed by atoms with Crippen molar-refractivity contribution in [2.75, 3.05) is 23.0 Å². The van der Waals surface area contributed by atoms with Crippen LogP contribution in [0.4, 0.5) is 23.3 Å². The molecule has 0 amide bonds. The van der Waals surface area contributed by atoms with Gasteiger partial charge in [-0.05, 0) is 72.3 Å². The first-order valence-corrected chi connectivity index (χ1v) is 17.0. The molecule has 3 aromatic carbocycles. The van der Waals surface area contributed by atoms with Crippen LogP contribution in [-0.4, -0.2) is 71.6 Å². The number of imidazole rings is 1. The molecule has 0 aliphatic rings. The summed E-state index contributed by atoms with van der Waals surface area (Å²) < 4.78 is 91.3. The zero-order valence-corrected chi connectivity index (χ0v) is 25.1. The van der Waals surface area contributed by atoms with Gasteiger partial charge in [0.05, 0.1) is 33.2 Å². The Kier molecular flexibility index (Phi) is 8.53. The first kappa shape index (κ1) is 31.2. The van der Waals surface area contributed by atoms with Gasteiger partial charge in [-0.3, -0.25) is 9.11 Å². The first-order valence-electron chi connectivity index (χ1n) is 12.1. The molecule has 2 heterocycles. The highest BCUT2D eigenvalue weighted by Crippen LogP contribution is 2.26. The Balaban J connectivity index is 1.29. The minimum absolute atomic E-state index is 0.0140. The Morgan fingerprint density at radius 3 is 2.11 bits per heavy atom. The lowest BCUT2D eigenvalue weighted by atomic mass is 10.2. The predicted molar refractivity (Wildman–Crippen MR) is 159 cm³/mol. The monoisotopic (exact) mass is 681 g/mol. The first-order chi connectivity index (χ1) is 20.6. The summed E-state index contributed by atoms with van der Waals surface area (Å²) in [5.74, 6) is -0.192. The van der Waals surface area contributed by atoms with Crippen molar-refractivity contribution in [2.24, 2.45) is 0 Å². The van der Waals surface area contributed by atoms with Crippen LogP contribution in [-0.2, 0) is 34.5 Å². The molecule has 0 radical (unpaired) electrons. The molecule has 0 saturated heterocycles. The summed E-state index contributed by atoms with van der Waals surface area (Å²) in [4.78, 5) is 19.3. The molecule has 0 fully saturated rings. The van der Waals surface area contributed by atoms with Gasteiger partial charge in [-0.25, -0.2) is 17.6 Å². The van der Waals surface area contributed by atoms with Crippen LogP contribution in [0.1, 0.15) is 0 Å². The molecular weight excluding hydrogens is 662 g/mol. The predicted octanol–water partition coefficient (Wildman–Crippen LogP) is 3.40. The molecule has 0 atom stereocenters. The molecule has 0 saturated carbocycles. The van der Waals surface area contributed by atoms with Gasteiger partial charge in [-0.1, -0.05) is 6.07 Å². The van der Waals surface area contributed by atoms with Crippen LogP contribution in [0, 0.1) is 0 Å². The maximum Gasteiger partial charge on any atom is 0.397 e. The zero-order valence-electron chi connectivity index (χ0n) is 21.9. The van der Waals surface area contributed by atoms with E-state index in [2.05, 4.69) is 39.7 Å². The van der Waals surface area contributed by atoms with Crippen LogP contribution in [0.5, 0.6) is 0 Å². The van der Waals surface area contributed by atoms with E-state index in [1.54, 1.807) is 30.3 Å². The van der Waals surface area contributed by atoms with E-state index in [1.807, 2.05) is 0 Å². The van der Waals surface area contributed by atoms with Crippen molar-refractivity contribution < 1.29 is 38.5 Å². The van der Waals surface area contributed by atoms with E-state index in [1.165, 1.54) is 36.4 Å². The number of nitrogens with one attached hydrogen (secondary N) is 3. The normalized spacial score (nSPS) is 12.3. The average molecular weight is 682 g/mol. The van der Waals surface area contributed by atoms with E-state index in [-0.39, 0.29) is 32.7 Å². The van der Waals surface area contributed by atoms with Gasteiger partial charge in [0.2, 0.25) is 17.2 Å². The lowest BCUT2D eigenvalue weighted by molar-refractivity contribution is 0.284. The molecule has 5 N–H and O–H groups in total. The number of H-pyrrole nitrogens is 1. The summed E-state index contributed by atoms with van der Waals surface area (Å²) in [6.07, 6.45) is 0. The quantitative estimate of drug-likeness (QED) is 0.125. The summed E-state index contributed by atoms with van der Waals surface area (Å²) in [6, 6.07) is 16.4. The minimum atomic E-state index is -4.78. The number of halogens is 1. The fourth-order valence-electron chi connectivity index (χ4n) is 3.85. The Morgan fingerprint density at radius 2 is 1.45 bits per heavy atom. The zero-order chi connectivity index (χ0) is 31.7. The number of benzene rings is 3. The van der Waals surface area contributed by atoms with Gasteiger partial charge in [-0.2, -0.15) is 31.8 Å². The van der Waals surface area contributed by atoms with Crippen LogP contribution in [0.3, 0.4) is 0 Å². The van der Waals surface area contributed by atoms with Gasteiger partial charge >= 0.3 is 10.4 Å². The van der Waals surface area contributed by atoms with Gasteiger partial charge in [-0.15, -0.1) is 0 Å². The highest BCUT2D eigenvalue weighted by atomic mass is 35.5. The Bertz CT molecular complexity index is 2190. The topological polar surface area (TPSA) is 244 Å². The van der Waals surface area contributed by atoms with Crippen LogP contribution >= 0.6 is 11.6 Å². The van der Waals surface area contributed by atoms with E-state index in [0.29, 0.717) is 28.1 Å². The molecule has 0 spiro atoms. The van der Waals surface area contributed by atoms with Crippen LogP contribution in [0.15, 0.2) is 76.5 Å². The number of sulfone groups is 1. The van der Waals surface area contributed by atoms with Gasteiger partial charge in [0.25, 0.3) is 10.1 Å². The van der Waals surface area contributed by atoms with Crippen molar-refractivity contribution in [3.63, 3.8) is 0 Å². The van der Waals surface area contributed by atoms with Crippen LogP contribution in [0.25, 0.3) is 22.4 Å². The third kappa shape index (κ3) is 7.82. The summed E-state index contributed by atoms with van der Waals surface area (Å²) in [6.45, 7) is -0.770. The number of nitrogens with zero attached hydrogens (tertiary/aromatic N) is 4. The number of fused-ring (bicyclic) bond motifs is 1. The van der Waals surface area contributed by atoms with Gasteiger partial charge in [0.15, 0.2) is 9.84 Å². The number of hydrogen-bond donors (Lipinski definition) is 5. The number of hydrogen-bond acceptors (Lipinski definition) is 13. The summed E-state index contributed by atoms with van der Waals surface area (Å²) in [7, 11) is -13.1. The summed E-state index contributed by atoms with van der Waals surface area (Å²) >= 11 is 6.08. The largest absolute Gasteiger partial charge is 0.397 e.